The lowest BCUT2D eigenvalue weighted by Gasteiger charge is -2.01. The first-order chi connectivity index (χ1) is 8.16. The molecule has 8 heteroatoms. The molecule has 2 N–H and O–H groups in total. The van der Waals surface area contributed by atoms with Crippen molar-refractivity contribution in [3.05, 3.63) is 34.6 Å². The molecule has 0 unspecified atom stereocenters. The van der Waals surface area contributed by atoms with E-state index in [-0.39, 0.29) is 12.3 Å². The molecule has 0 aliphatic carbocycles. The minimum absolute atomic E-state index is 0.150. The third kappa shape index (κ3) is 2.78. The number of aromatic amines is 1. The highest BCUT2D eigenvalue weighted by Crippen LogP contribution is 2.14. The number of carboxylic acid groups (broad SMARTS) is 1. The van der Waals surface area contributed by atoms with E-state index in [9.17, 15) is 9.59 Å². The van der Waals surface area contributed by atoms with Gasteiger partial charge in [0, 0.05) is 0 Å². The van der Waals surface area contributed by atoms with Gasteiger partial charge in [0.25, 0.3) is 0 Å². The fourth-order valence-electron chi connectivity index (χ4n) is 1.24. The van der Waals surface area contributed by atoms with E-state index in [2.05, 4.69) is 10.2 Å². The SMILES string of the molecule is O=C(O)CSc1n[nH]c(=O)n1Cc1ccco1. The highest BCUT2D eigenvalue weighted by atomic mass is 32.2. The van der Waals surface area contributed by atoms with Crippen LogP contribution in [0.5, 0.6) is 0 Å². The van der Waals surface area contributed by atoms with Crippen molar-refractivity contribution < 1.29 is 14.3 Å². The summed E-state index contributed by atoms with van der Waals surface area (Å²) in [5, 5.41) is 14.9. The molecule has 0 fully saturated rings. The maximum Gasteiger partial charge on any atom is 0.344 e. The summed E-state index contributed by atoms with van der Waals surface area (Å²) in [6.07, 6.45) is 1.50. The van der Waals surface area contributed by atoms with Crippen LogP contribution in [0.3, 0.4) is 0 Å². The van der Waals surface area contributed by atoms with Crippen molar-refractivity contribution in [1.29, 1.82) is 0 Å². The summed E-state index contributed by atoms with van der Waals surface area (Å²) in [5.74, 6) is -0.511. The standard InChI is InChI=1S/C9H9N3O4S/c13-7(14)5-17-9-11-10-8(15)12(9)4-6-2-1-3-16-6/h1-3H,4-5H2,(H,10,15)(H,13,14). The van der Waals surface area contributed by atoms with Crippen molar-refractivity contribution >= 4 is 17.7 Å². The fraction of sp³-hybridized carbons (Fsp3) is 0.222. The first-order valence-corrected chi connectivity index (χ1v) is 5.67. The number of thioether (sulfide) groups is 1. The maximum absolute atomic E-state index is 11.5. The molecule has 0 aromatic carbocycles. The highest BCUT2D eigenvalue weighted by molar-refractivity contribution is 7.99. The predicted octanol–water partition coefficient (Wildman–Crippen LogP) is 0.389. The summed E-state index contributed by atoms with van der Waals surface area (Å²) < 4.78 is 6.44. The summed E-state index contributed by atoms with van der Waals surface area (Å²) in [6.45, 7) is 0.226. The Morgan fingerprint density at radius 3 is 3.12 bits per heavy atom. The number of furan rings is 1. The minimum atomic E-state index is -0.963. The molecule has 0 aliphatic heterocycles. The van der Waals surface area contributed by atoms with Crippen molar-refractivity contribution in [3.63, 3.8) is 0 Å². The van der Waals surface area contributed by atoms with Gasteiger partial charge in [-0.1, -0.05) is 11.8 Å². The molecule has 0 radical (unpaired) electrons. The molecule has 17 heavy (non-hydrogen) atoms. The third-order valence-corrected chi connectivity index (χ3v) is 2.90. The van der Waals surface area contributed by atoms with Gasteiger partial charge in [-0.3, -0.25) is 9.36 Å². The molecular weight excluding hydrogens is 246 g/mol. The van der Waals surface area contributed by atoms with Gasteiger partial charge >= 0.3 is 11.7 Å². The molecule has 0 aliphatic rings. The second kappa shape index (κ2) is 4.91. The van der Waals surface area contributed by atoms with Crippen LogP contribution in [0.25, 0.3) is 0 Å². The number of rotatable bonds is 5. The van der Waals surface area contributed by atoms with Gasteiger partial charge in [0.05, 0.1) is 18.6 Å². The van der Waals surface area contributed by atoms with Crippen LogP contribution in [0.4, 0.5) is 0 Å². The van der Waals surface area contributed by atoms with Crippen LogP contribution in [0, 0.1) is 0 Å². The molecule has 90 valence electrons. The zero-order valence-electron chi connectivity index (χ0n) is 8.62. The lowest BCUT2D eigenvalue weighted by Crippen LogP contribution is -2.18. The lowest BCUT2D eigenvalue weighted by molar-refractivity contribution is -0.133. The number of H-pyrrole nitrogens is 1. The Bertz CT molecular complexity index is 557. The normalized spacial score (nSPS) is 10.6. The third-order valence-electron chi connectivity index (χ3n) is 1.94. The van der Waals surface area contributed by atoms with Gasteiger partial charge in [0.2, 0.25) is 0 Å². The molecule has 0 amide bonds. The van der Waals surface area contributed by atoms with Crippen molar-refractivity contribution in [2.24, 2.45) is 0 Å². The molecule has 0 saturated heterocycles. The summed E-state index contributed by atoms with van der Waals surface area (Å²) in [7, 11) is 0. The van der Waals surface area contributed by atoms with Crippen LogP contribution in [0.1, 0.15) is 5.76 Å². The Morgan fingerprint density at radius 2 is 2.47 bits per heavy atom. The molecule has 2 aromatic rings. The molecule has 0 saturated carbocycles. The second-order valence-electron chi connectivity index (χ2n) is 3.16. The van der Waals surface area contributed by atoms with Crippen LogP contribution in [0.15, 0.2) is 32.8 Å². The van der Waals surface area contributed by atoms with Gasteiger partial charge in [0.15, 0.2) is 5.16 Å². The number of carbonyl (C=O) groups is 1. The van der Waals surface area contributed by atoms with E-state index in [0.717, 1.165) is 11.8 Å². The zero-order chi connectivity index (χ0) is 12.3. The quantitative estimate of drug-likeness (QED) is 0.749. The number of carboxylic acids is 1. The second-order valence-corrected chi connectivity index (χ2v) is 4.10. The van der Waals surface area contributed by atoms with Crippen LogP contribution in [-0.4, -0.2) is 31.6 Å². The van der Waals surface area contributed by atoms with E-state index in [0.29, 0.717) is 10.9 Å². The summed E-state index contributed by atoms with van der Waals surface area (Å²) in [6, 6.07) is 3.44. The number of aliphatic carboxylic acids is 1. The number of nitrogens with zero attached hydrogens (tertiary/aromatic N) is 2. The van der Waals surface area contributed by atoms with Gasteiger partial charge in [0.1, 0.15) is 5.76 Å². The van der Waals surface area contributed by atoms with Gasteiger partial charge in [-0.2, -0.15) is 0 Å². The first-order valence-electron chi connectivity index (χ1n) is 4.69. The first kappa shape index (κ1) is 11.5. The molecule has 0 bridgehead atoms. The van der Waals surface area contributed by atoms with Gasteiger partial charge in [-0.15, -0.1) is 5.10 Å². The summed E-state index contributed by atoms with van der Waals surface area (Å²) >= 11 is 0.977. The average molecular weight is 255 g/mol. The van der Waals surface area contributed by atoms with Crippen LogP contribution in [0.2, 0.25) is 0 Å². The monoisotopic (exact) mass is 255 g/mol. The van der Waals surface area contributed by atoms with Crippen LogP contribution in [-0.2, 0) is 11.3 Å². The van der Waals surface area contributed by atoms with E-state index in [1.165, 1.54) is 10.8 Å². The smallest absolute Gasteiger partial charge is 0.344 e. The van der Waals surface area contributed by atoms with Crippen LogP contribution < -0.4 is 5.69 Å². The topological polar surface area (TPSA) is 101 Å². The Labute approximate surface area is 99.4 Å². The Balaban J connectivity index is 2.17. The van der Waals surface area contributed by atoms with Crippen molar-refractivity contribution in [3.8, 4) is 0 Å². The largest absolute Gasteiger partial charge is 0.481 e. The van der Waals surface area contributed by atoms with Crippen molar-refractivity contribution in [1.82, 2.24) is 14.8 Å². The van der Waals surface area contributed by atoms with Crippen molar-refractivity contribution in [2.45, 2.75) is 11.7 Å². The van der Waals surface area contributed by atoms with E-state index in [1.54, 1.807) is 12.1 Å². The highest BCUT2D eigenvalue weighted by Gasteiger charge is 2.12. The minimum Gasteiger partial charge on any atom is -0.481 e. The molecule has 0 spiro atoms. The predicted molar refractivity (Wildman–Crippen MR) is 59.0 cm³/mol. The van der Waals surface area contributed by atoms with Gasteiger partial charge in [-0.25, -0.2) is 9.89 Å². The zero-order valence-corrected chi connectivity index (χ0v) is 9.44. The number of nitrogens with one attached hydrogen (secondary N) is 1. The van der Waals surface area contributed by atoms with E-state index in [1.807, 2.05) is 0 Å². The van der Waals surface area contributed by atoms with E-state index < -0.39 is 11.7 Å². The lowest BCUT2D eigenvalue weighted by atomic mass is 10.4. The van der Waals surface area contributed by atoms with Gasteiger partial charge < -0.3 is 9.52 Å². The molecule has 2 aromatic heterocycles. The maximum atomic E-state index is 11.5. The summed E-state index contributed by atoms with van der Waals surface area (Å²) in [4.78, 5) is 21.9. The van der Waals surface area contributed by atoms with Crippen LogP contribution >= 0.6 is 11.8 Å². The molecule has 2 heterocycles. The van der Waals surface area contributed by atoms with Crippen molar-refractivity contribution in [2.75, 3.05) is 5.75 Å². The number of hydrogen-bond donors (Lipinski definition) is 2. The summed E-state index contributed by atoms with van der Waals surface area (Å²) in [5.41, 5.74) is -0.394. The Morgan fingerprint density at radius 1 is 1.65 bits per heavy atom. The van der Waals surface area contributed by atoms with Gasteiger partial charge in [-0.05, 0) is 12.1 Å². The molecular formula is C9H9N3O4S. The average Bonchev–Trinajstić information content (AvgIpc) is 2.89. The molecule has 0 atom stereocenters. The van der Waals surface area contributed by atoms with E-state index in [4.69, 9.17) is 9.52 Å². The fourth-order valence-corrected chi connectivity index (χ4v) is 1.90. The number of hydrogen-bond acceptors (Lipinski definition) is 5. The molecule has 7 nitrogen and oxygen atoms in total. The molecule has 2 rings (SSSR count). The Hall–Kier alpha value is -1.96. The number of aromatic nitrogens is 3. The van der Waals surface area contributed by atoms with E-state index >= 15 is 0 Å². The Kier molecular flexibility index (Phi) is 3.33.